The Bertz CT molecular complexity index is 239. The molecular weight excluding hydrogens is 144 g/mol. The van der Waals surface area contributed by atoms with Crippen LogP contribution in [0.4, 0.5) is 0 Å². The molecule has 0 aromatic rings. The minimum atomic E-state index is 1.09. The van der Waals surface area contributed by atoms with Crippen LogP contribution in [-0.4, -0.2) is 0 Å². The highest BCUT2D eigenvalue weighted by atomic mass is 14.0. The summed E-state index contributed by atoms with van der Waals surface area (Å²) in [6.45, 7) is 6.00. The fourth-order valence-corrected chi connectivity index (χ4v) is 1.38. The Morgan fingerprint density at radius 1 is 1.50 bits per heavy atom. The van der Waals surface area contributed by atoms with Crippen LogP contribution >= 0.6 is 0 Å². The van der Waals surface area contributed by atoms with Gasteiger partial charge in [0.15, 0.2) is 0 Å². The van der Waals surface area contributed by atoms with Crippen LogP contribution in [-0.2, 0) is 0 Å². The average Bonchev–Trinajstić information content (AvgIpc) is 2.05. The van der Waals surface area contributed by atoms with Gasteiger partial charge in [0.25, 0.3) is 0 Å². The second kappa shape index (κ2) is 4.76. The molecule has 1 aliphatic rings. The molecule has 1 aliphatic carbocycles. The molecule has 0 spiro atoms. The minimum Gasteiger partial charge on any atom is -0.0985 e. The first kappa shape index (κ1) is 9.05. The summed E-state index contributed by atoms with van der Waals surface area (Å²) >= 11 is 0. The zero-order valence-electron chi connectivity index (χ0n) is 7.72. The number of rotatable bonds is 2. The van der Waals surface area contributed by atoms with Gasteiger partial charge in [0, 0.05) is 0 Å². The Morgan fingerprint density at radius 2 is 2.33 bits per heavy atom. The van der Waals surface area contributed by atoms with E-state index in [-0.39, 0.29) is 0 Å². The molecule has 64 valence electrons. The van der Waals surface area contributed by atoms with Crippen molar-refractivity contribution in [2.75, 3.05) is 0 Å². The third kappa shape index (κ3) is 2.23. The van der Waals surface area contributed by atoms with Crippen LogP contribution in [0, 0.1) is 0 Å². The van der Waals surface area contributed by atoms with Gasteiger partial charge in [-0.2, -0.15) is 0 Å². The van der Waals surface area contributed by atoms with Crippen molar-refractivity contribution in [3.05, 3.63) is 48.1 Å². The third-order valence-electron chi connectivity index (χ3n) is 2.10. The molecule has 0 bridgehead atoms. The lowest BCUT2D eigenvalue weighted by Crippen LogP contribution is -1.86. The summed E-state index contributed by atoms with van der Waals surface area (Å²) in [5, 5.41) is 0. The maximum Gasteiger partial charge on any atom is -0.0270 e. The lowest BCUT2D eigenvalue weighted by atomic mass is 9.99. The first-order valence-corrected chi connectivity index (χ1v) is 4.57. The predicted octanol–water partition coefficient (Wildman–Crippen LogP) is 3.79. The summed E-state index contributed by atoms with van der Waals surface area (Å²) in [6.07, 6.45) is 14.1. The van der Waals surface area contributed by atoms with Gasteiger partial charge in [0.2, 0.25) is 0 Å². The molecule has 0 heteroatoms. The van der Waals surface area contributed by atoms with Crippen LogP contribution in [0.1, 0.15) is 26.2 Å². The van der Waals surface area contributed by atoms with Crippen molar-refractivity contribution >= 4 is 0 Å². The summed E-state index contributed by atoms with van der Waals surface area (Å²) in [5.74, 6) is 0. The van der Waals surface area contributed by atoms with Crippen molar-refractivity contribution < 1.29 is 0 Å². The zero-order valence-corrected chi connectivity index (χ0v) is 7.72. The zero-order chi connectivity index (χ0) is 8.81. The summed E-state index contributed by atoms with van der Waals surface area (Å²) in [7, 11) is 0. The monoisotopic (exact) mass is 160 g/mol. The molecular formula is C12H16. The predicted molar refractivity (Wildman–Crippen MR) is 55.0 cm³/mol. The van der Waals surface area contributed by atoms with Crippen molar-refractivity contribution in [1.29, 1.82) is 0 Å². The molecule has 0 unspecified atom stereocenters. The number of hydrogen-bond acceptors (Lipinski definition) is 0. The molecule has 0 atom stereocenters. The van der Waals surface area contributed by atoms with Crippen molar-refractivity contribution in [2.45, 2.75) is 26.2 Å². The fourth-order valence-electron chi connectivity index (χ4n) is 1.38. The highest BCUT2D eigenvalue weighted by Gasteiger charge is 1.98. The molecule has 0 saturated carbocycles. The molecule has 0 aromatic carbocycles. The summed E-state index contributed by atoms with van der Waals surface area (Å²) < 4.78 is 0. The molecule has 0 amide bonds. The number of allylic oxidation sites excluding steroid dienone is 7. The third-order valence-corrected chi connectivity index (χ3v) is 2.10. The molecule has 0 nitrogen and oxygen atoms in total. The van der Waals surface area contributed by atoms with E-state index in [2.05, 4.69) is 37.8 Å². The average molecular weight is 160 g/mol. The molecule has 0 aliphatic heterocycles. The van der Waals surface area contributed by atoms with Crippen LogP contribution in [0.15, 0.2) is 48.1 Å². The van der Waals surface area contributed by atoms with Crippen LogP contribution in [0.3, 0.4) is 0 Å². The van der Waals surface area contributed by atoms with Crippen LogP contribution in [0.5, 0.6) is 0 Å². The molecule has 1 rings (SSSR count). The van der Waals surface area contributed by atoms with Crippen molar-refractivity contribution in [1.82, 2.24) is 0 Å². The van der Waals surface area contributed by atoms with E-state index in [0.717, 1.165) is 19.3 Å². The lowest BCUT2D eigenvalue weighted by Gasteiger charge is -2.06. The topological polar surface area (TPSA) is 0 Å². The Hall–Kier alpha value is -1.04. The van der Waals surface area contributed by atoms with E-state index in [0.29, 0.717) is 0 Å². The van der Waals surface area contributed by atoms with E-state index in [1.54, 1.807) is 0 Å². The molecule has 0 fully saturated rings. The highest BCUT2D eigenvalue weighted by molar-refractivity contribution is 5.41. The van der Waals surface area contributed by atoms with Crippen LogP contribution in [0.25, 0.3) is 0 Å². The Balaban J connectivity index is 2.91. The van der Waals surface area contributed by atoms with E-state index in [1.807, 2.05) is 6.08 Å². The molecule has 0 saturated heterocycles. The Kier molecular flexibility index (Phi) is 3.59. The van der Waals surface area contributed by atoms with Crippen LogP contribution < -0.4 is 0 Å². The lowest BCUT2D eigenvalue weighted by molar-refractivity contribution is 1.02. The molecule has 0 N–H and O–H groups in total. The minimum absolute atomic E-state index is 1.09. The van der Waals surface area contributed by atoms with E-state index >= 15 is 0 Å². The van der Waals surface area contributed by atoms with Gasteiger partial charge in [-0.3, -0.25) is 0 Å². The van der Waals surface area contributed by atoms with E-state index in [4.69, 9.17) is 0 Å². The molecule has 0 aromatic heterocycles. The van der Waals surface area contributed by atoms with Gasteiger partial charge < -0.3 is 0 Å². The quantitative estimate of drug-likeness (QED) is 0.576. The maximum atomic E-state index is 3.82. The summed E-state index contributed by atoms with van der Waals surface area (Å²) in [6, 6.07) is 0. The largest absolute Gasteiger partial charge is 0.0985 e. The Morgan fingerprint density at radius 3 is 3.00 bits per heavy atom. The molecule has 0 heterocycles. The van der Waals surface area contributed by atoms with Gasteiger partial charge in [-0.05, 0) is 30.4 Å². The van der Waals surface area contributed by atoms with Crippen molar-refractivity contribution in [2.24, 2.45) is 0 Å². The first-order valence-electron chi connectivity index (χ1n) is 4.57. The van der Waals surface area contributed by atoms with E-state index in [1.165, 1.54) is 11.1 Å². The maximum absolute atomic E-state index is 3.82. The van der Waals surface area contributed by atoms with E-state index < -0.39 is 0 Å². The Labute approximate surface area is 75.0 Å². The van der Waals surface area contributed by atoms with Crippen LogP contribution in [0.2, 0.25) is 0 Å². The van der Waals surface area contributed by atoms with Gasteiger partial charge in [-0.25, -0.2) is 0 Å². The van der Waals surface area contributed by atoms with Gasteiger partial charge >= 0.3 is 0 Å². The van der Waals surface area contributed by atoms with Crippen molar-refractivity contribution in [3.63, 3.8) is 0 Å². The van der Waals surface area contributed by atoms with Gasteiger partial charge in [0.05, 0.1) is 0 Å². The SMILES string of the molecule is C=CC1=C/CC\C=C/C=C\1CC. The van der Waals surface area contributed by atoms with Crippen molar-refractivity contribution in [3.8, 4) is 0 Å². The highest BCUT2D eigenvalue weighted by Crippen LogP contribution is 2.18. The van der Waals surface area contributed by atoms with E-state index in [9.17, 15) is 0 Å². The normalized spacial score (nSPS) is 28.8. The van der Waals surface area contributed by atoms with Gasteiger partial charge in [-0.1, -0.05) is 43.9 Å². The van der Waals surface area contributed by atoms with Gasteiger partial charge in [-0.15, -0.1) is 0 Å². The standard InChI is InChI=1S/C12H16/c1-3-11-9-7-5-6-8-10-12(11)4-2/h3,6,8-10H,1,4-5,7H2,2H3/b8-6-,11-9-,12-10-. The molecule has 12 heavy (non-hydrogen) atoms. The first-order chi connectivity index (χ1) is 5.88. The van der Waals surface area contributed by atoms with Gasteiger partial charge in [0.1, 0.15) is 0 Å². The molecule has 0 radical (unpaired) electrons. The summed E-state index contributed by atoms with van der Waals surface area (Å²) in [4.78, 5) is 0. The second-order valence-electron chi connectivity index (χ2n) is 2.91. The number of hydrogen-bond donors (Lipinski definition) is 0. The summed E-state index contributed by atoms with van der Waals surface area (Å²) in [5.41, 5.74) is 2.70. The smallest absolute Gasteiger partial charge is 0.0270 e. The second-order valence-corrected chi connectivity index (χ2v) is 2.91. The fraction of sp³-hybridized carbons (Fsp3) is 0.333.